The van der Waals surface area contributed by atoms with Crippen molar-refractivity contribution in [2.45, 2.75) is 12.7 Å². The normalized spacial score (nSPS) is 11.4. The molecule has 2 rings (SSSR count). The van der Waals surface area contributed by atoms with Crippen LogP contribution < -0.4 is 5.32 Å². The Hall–Kier alpha value is -1.01. The predicted octanol–water partition coefficient (Wildman–Crippen LogP) is 5.84. The molecule has 0 aliphatic rings. The summed E-state index contributed by atoms with van der Waals surface area (Å²) in [6.45, 7) is 0.326. The van der Waals surface area contributed by atoms with E-state index in [1.54, 1.807) is 0 Å². The molecule has 0 fully saturated rings. The van der Waals surface area contributed by atoms with Crippen LogP contribution in [0.25, 0.3) is 0 Å². The summed E-state index contributed by atoms with van der Waals surface area (Å²) in [5, 5.41) is 2.83. The second-order valence-corrected chi connectivity index (χ2v) is 6.00. The summed E-state index contributed by atoms with van der Waals surface area (Å²) in [5.41, 5.74) is 0.300. The second-order valence-electron chi connectivity index (χ2n) is 4.17. The van der Waals surface area contributed by atoms with Gasteiger partial charge in [0.05, 0.1) is 5.56 Å². The van der Waals surface area contributed by atoms with Crippen LogP contribution >= 0.6 is 31.9 Å². The van der Waals surface area contributed by atoms with Gasteiger partial charge >= 0.3 is 6.18 Å². The van der Waals surface area contributed by atoms with Gasteiger partial charge in [0.2, 0.25) is 0 Å². The van der Waals surface area contributed by atoms with Crippen molar-refractivity contribution < 1.29 is 13.2 Å². The molecule has 0 radical (unpaired) electrons. The first kappa shape index (κ1) is 15.4. The number of rotatable bonds is 3. The number of halogens is 5. The van der Waals surface area contributed by atoms with Crippen LogP contribution in [0.1, 0.15) is 11.1 Å². The van der Waals surface area contributed by atoms with E-state index in [1.807, 2.05) is 24.3 Å². The summed E-state index contributed by atoms with van der Waals surface area (Å²) in [4.78, 5) is 0. The number of hydrogen-bond donors (Lipinski definition) is 1. The lowest BCUT2D eigenvalue weighted by atomic mass is 10.1. The monoisotopic (exact) mass is 407 g/mol. The van der Waals surface area contributed by atoms with Crippen molar-refractivity contribution >= 4 is 37.5 Å². The van der Waals surface area contributed by atoms with Crippen molar-refractivity contribution in [3.8, 4) is 0 Å². The van der Waals surface area contributed by atoms with Crippen molar-refractivity contribution in [2.24, 2.45) is 0 Å². The van der Waals surface area contributed by atoms with Crippen molar-refractivity contribution in [2.75, 3.05) is 5.32 Å². The lowest BCUT2D eigenvalue weighted by Gasteiger charge is -2.15. The van der Waals surface area contributed by atoms with E-state index >= 15 is 0 Å². The largest absolute Gasteiger partial charge is 0.418 e. The molecule has 2 aromatic rings. The molecule has 0 spiro atoms. The summed E-state index contributed by atoms with van der Waals surface area (Å²) >= 11 is 6.50. The average Bonchev–Trinajstić information content (AvgIpc) is 2.36. The molecule has 1 N–H and O–H groups in total. The zero-order chi connectivity index (χ0) is 14.8. The standard InChI is InChI=1S/C14H10Br2F3N/c15-10-3-1-9(2-4-10)8-20-13-7-11(16)5-6-12(13)14(17,18)19/h1-7,20H,8H2. The Balaban J connectivity index is 2.20. The van der Waals surface area contributed by atoms with Crippen molar-refractivity contribution in [1.29, 1.82) is 0 Å². The Kier molecular flexibility index (Phi) is 4.75. The fraction of sp³-hybridized carbons (Fsp3) is 0.143. The molecule has 0 unspecified atom stereocenters. The summed E-state index contributed by atoms with van der Waals surface area (Å²) in [7, 11) is 0. The van der Waals surface area contributed by atoms with E-state index in [1.165, 1.54) is 12.1 Å². The zero-order valence-corrected chi connectivity index (χ0v) is 13.3. The van der Waals surface area contributed by atoms with Crippen LogP contribution in [0.15, 0.2) is 51.4 Å². The highest BCUT2D eigenvalue weighted by Crippen LogP contribution is 2.36. The van der Waals surface area contributed by atoms with Gasteiger partial charge in [-0.3, -0.25) is 0 Å². The quantitative estimate of drug-likeness (QED) is 0.672. The number of nitrogens with one attached hydrogen (secondary N) is 1. The third-order valence-corrected chi connectivity index (χ3v) is 3.71. The van der Waals surface area contributed by atoms with Gasteiger partial charge in [-0.25, -0.2) is 0 Å². The number of hydrogen-bond acceptors (Lipinski definition) is 1. The minimum absolute atomic E-state index is 0.0646. The minimum atomic E-state index is -4.37. The average molecular weight is 409 g/mol. The SMILES string of the molecule is FC(F)(F)c1ccc(Br)cc1NCc1ccc(Br)cc1. The molecule has 0 heterocycles. The maximum atomic E-state index is 12.9. The van der Waals surface area contributed by atoms with Crippen LogP contribution in [0.5, 0.6) is 0 Å². The van der Waals surface area contributed by atoms with Gasteiger partial charge in [-0.05, 0) is 35.9 Å². The predicted molar refractivity (Wildman–Crippen MR) is 80.6 cm³/mol. The van der Waals surface area contributed by atoms with Gasteiger partial charge in [0.1, 0.15) is 0 Å². The van der Waals surface area contributed by atoms with Crippen LogP contribution in [0, 0.1) is 0 Å². The summed E-state index contributed by atoms with van der Waals surface area (Å²) in [5.74, 6) is 0. The maximum Gasteiger partial charge on any atom is 0.418 e. The molecule has 2 aromatic carbocycles. The molecule has 0 amide bonds. The first-order valence-electron chi connectivity index (χ1n) is 5.71. The third-order valence-electron chi connectivity index (χ3n) is 2.68. The van der Waals surface area contributed by atoms with Crippen LogP contribution in [0.2, 0.25) is 0 Å². The van der Waals surface area contributed by atoms with E-state index in [-0.39, 0.29) is 5.69 Å². The molecule has 0 aromatic heterocycles. The lowest BCUT2D eigenvalue weighted by Crippen LogP contribution is -2.10. The van der Waals surface area contributed by atoms with Gasteiger partial charge in [-0.2, -0.15) is 13.2 Å². The van der Waals surface area contributed by atoms with Gasteiger partial charge in [-0.15, -0.1) is 0 Å². The van der Waals surface area contributed by atoms with Gasteiger partial charge in [0.15, 0.2) is 0 Å². The second kappa shape index (κ2) is 6.18. The molecule has 6 heteroatoms. The summed E-state index contributed by atoms with van der Waals surface area (Å²) in [6.07, 6.45) is -4.37. The Morgan fingerprint density at radius 1 is 0.900 bits per heavy atom. The van der Waals surface area contributed by atoms with Crippen molar-refractivity contribution in [3.05, 3.63) is 62.5 Å². The topological polar surface area (TPSA) is 12.0 Å². The molecular weight excluding hydrogens is 399 g/mol. The fourth-order valence-electron chi connectivity index (χ4n) is 1.71. The van der Waals surface area contributed by atoms with Crippen LogP contribution in [-0.4, -0.2) is 0 Å². The first-order chi connectivity index (χ1) is 9.36. The molecule has 0 aliphatic heterocycles. The molecule has 1 nitrogen and oxygen atoms in total. The van der Waals surface area contributed by atoms with E-state index in [9.17, 15) is 13.2 Å². The van der Waals surface area contributed by atoms with Crippen LogP contribution in [0.3, 0.4) is 0 Å². The van der Waals surface area contributed by atoms with Gasteiger partial charge < -0.3 is 5.32 Å². The zero-order valence-electron chi connectivity index (χ0n) is 10.1. The Bertz CT molecular complexity index is 594. The van der Waals surface area contributed by atoms with Gasteiger partial charge in [0.25, 0.3) is 0 Å². The molecule has 0 saturated heterocycles. The van der Waals surface area contributed by atoms with Crippen molar-refractivity contribution in [1.82, 2.24) is 0 Å². The highest BCUT2D eigenvalue weighted by atomic mass is 79.9. The Morgan fingerprint density at radius 3 is 2.10 bits per heavy atom. The molecule has 20 heavy (non-hydrogen) atoms. The van der Waals surface area contributed by atoms with E-state index in [4.69, 9.17) is 0 Å². The number of alkyl halides is 3. The molecule has 0 aliphatic carbocycles. The molecular formula is C14H10Br2F3N. The fourth-order valence-corrected chi connectivity index (χ4v) is 2.33. The van der Waals surface area contributed by atoms with Crippen LogP contribution in [0.4, 0.5) is 18.9 Å². The van der Waals surface area contributed by atoms with Crippen LogP contribution in [-0.2, 0) is 12.7 Å². The van der Waals surface area contributed by atoms with E-state index < -0.39 is 11.7 Å². The smallest absolute Gasteiger partial charge is 0.380 e. The van der Waals surface area contributed by atoms with E-state index in [2.05, 4.69) is 37.2 Å². The van der Waals surface area contributed by atoms with E-state index in [0.717, 1.165) is 16.1 Å². The van der Waals surface area contributed by atoms with Crippen molar-refractivity contribution in [3.63, 3.8) is 0 Å². The minimum Gasteiger partial charge on any atom is -0.380 e. The number of benzene rings is 2. The highest BCUT2D eigenvalue weighted by Gasteiger charge is 2.33. The van der Waals surface area contributed by atoms with Gasteiger partial charge in [0, 0.05) is 21.2 Å². The number of anilines is 1. The lowest BCUT2D eigenvalue weighted by molar-refractivity contribution is -0.137. The Labute approximate surface area is 131 Å². The summed E-state index contributed by atoms with van der Waals surface area (Å²) < 4.78 is 40.2. The highest BCUT2D eigenvalue weighted by molar-refractivity contribution is 9.10. The molecule has 0 atom stereocenters. The Morgan fingerprint density at radius 2 is 1.50 bits per heavy atom. The maximum absolute atomic E-state index is 12.9. The van der Waals surface area contributed by atoms with E-state index in [0.29, 0.717) is 11.0 Å². The summed E-state index contributed by atoms with van der Waals surface area (Å²) in [6, 6.07) is 11.3. The van der Waals surface area contributed by atoms with Gasteiger partial charge in [-0.1, -0.05) is 44.0 Å². The molecule has 0 saturated carbocycles. The molecule has 106 valence electrons. The third kappa shape index (κ3) is 3.99. The first-order valence-corrected chi connectivity index (χ1v) is 7.30. The molecule has 0 bridgehead atoms.